The van der Waals surface area contributed by atoms with E-state index in [0.29, 0.717) is 0 Å². The molecule has 0 radical (unpaired) electrons. The molecule has 1 aliphatic rings. The number of hydrogen-bond acceptors (Lipinski definition) is 6. The van der Waals surface area contributed by atoms with Gasteiger partial charge in [0.15, 0.2) is 0 Å². The highest BCUT2D eigenvalue weighted by Crippen LogP contribution is 2.39. The Morgan fingerprint density at radius 2 is 2.21 bits per heavy atom. The van der Waals surface area contributed by atoms with Crippen LogP contribution in [0.15, 0.2) is 17.9 Å². The lowest BCUT2D eigenvalue weighted by atomic mass is 10.2. The van der Waals surface area contributed by atoms with Gasteiger partial charge in [-0.2, -0.15) is 0 Å². The Balaban J connectivity index is 1.73. The van der Waals surface area contributed by atoms with Crippen LogP contribution in [-0.4, -0.2) is 15.0 Å². The number of thiophene rings is 1. The van der Waals surface area contributed by atoms with E-state index in [-0.39, 0.29) is 0 Å². The van der Waals surface area contributed by atoms with E-state index in [2.05, 4.69) is 20.3 Å². The van der Waals surface area contributed by atoms with Gasteiger partial charge in [0, 0.05) is 16.5 Å². The molecule has 4 nitrogen and oxygen atoms in total. The van der Waals surface area contributed by atoms with E-state index in [9.17, 15) is 0 Å². The maximum atomic E-state index is 4.42. The molecule has 0 bridgehead atoms. The van der Waals surface area contributed by atoms with E-state index in [1.165, 1.54) is 28.7 Å². The van der Waals surface area contributed by atoms with Crippen molar-refractivity contribution >= 4 is 38.7 Å². The molecule has 1 aliphatic carbocycles. The molecule has 3 aromatic heterocycles. The fourth-order valence-electron chi connectivity index (χ4n) is 2.56. The third-order valence-electron chi connectivity index (χ3n) is 3.39. The second-order valence-electron chi connectivity index (χ2n) is 4.54. The van der Waals surface area contributed by atoms with Crippen LogP contribution in [0.25, 0.3) is 10.2 Å². The molecule has 1 N–H and O–H groups in total. The van der Waals surface area contributed by atoms with Gasteiger partial charge in [0.05, 0.1) is 11.9 Å². The number of thiazole rings is 1. The highest BCUT2D eigenvalue weighted by atomic mass is 32.1. The monoisotopic (exact) mass is 288 g/mol. The molecule has 0 amide bonds. The second-order valence-corrected chi connectivity index (χ2v) is 6.60. The van der Waals surface area contributed by atoms with Crippen LogP contribution in [-0.2, 0) is 19.4 Å². The molecule has 3 heterocycles. The highest BCUT2D eigenvalue weighted by molar-refractivity contribution is 7.19. The molecule has 0 saturated heterocycles. The van der Waals surface area contributed by atoms with Gasteiger partial charge in [-0.15, -0.1) is 22.7 Å². The predicted molar refractivity (Wildman–Crippen MR) is 78.9 cm³/mol. The van der Waals surface area contributed by atoms with Gasteiger partial charge < -0.3 is 5.32 Å². The molecule has 0 saturated carbocycles. The Morgan fingerprint density at radius 3 is 3.11 bits per heavy atom. The number of nitrogens with zero attached hydrogens (tertiary/aromatic N) is 3. The molecule has 0 unspecified atom stereocenters. The van der Waals surface area contributed by atoms with Crippen molar-refractivity contribution in [3.8, 4) is 0 Å². The van der Waals surface area contributed by atoms with Gasteiger partial charge in [-0.05, 0) is 24.8 Å². The topological polar surface area (TPSA) is 50.7 Å². The quantitative estimate of drug-likeness (QED) is 0.804. The smallest absolute Gasteiger partial charge is 0.138 e. The van der Waals surface area contributed by atoms with Crippen LogP contribution in [0, 0.1) is 0 Å². The minimum Gasteiger partial charge on any atom is -0.363 e. The summed E-state index contributed by atoms with van der Waals surface area (Å²) in [6.45, 7) is 0.731. The summed E-state index contributed by atoms with van der Waals surface area (Å²) in [6, 6.07) is 0. The minimum atomic E-state index is 0.731. The predicted octanol–water partition coefficient (Wildman–Crippen LogP) is 3.25. The molecule has 0 aliphatic heterocycles. The number of nitrogens with one attached hydrogen (secondary N) is 1. The Labute approximate surface area is 118 Å². The fourth-order valence-corrected chi connectivity index (χ4v) is 4.35. The van der Waals surface area contributed by atoms with Crippen molar-refractivity contribution in [1.82, 2.24) is 15.0 Å². The van der Waals surface area contributed by atoms with Gasteiger partial charge in [0.25, 0.3) is 0 Å². The van der Waals surface area contributed by atoms with Crippen molar-refractivity contribution in [1.29, 1.82) is 0 Å². The summed E-state index contributed by atoms with van der Waals surface area (Å²) in [5.74, 6) is 0.958. The van der Waals surface area contributed by atoms with Gasteiger partial charge >= 0.3 is 0 Å². The van der Waals surface area contributed by atoms with E-state index in [0.717, 1.165) is 28.6 Å². The number of aryl methyl sites for hydroxylation is 2. The van der Waals surface area contributed by atoms with Gasteiger partial charge in [-0.25, -0.2) is 15.0 Å². The number of hydrogen-bond donors (Lipinski definition) is 1. The summed E-state index contributed by atoms with van der Waals surface area (Å²) in [5.41, 5.74) is 1.46. The van der Waals surface area contributed by atoms with Crippen molar-refractivity contribution < 1.29 is 0 Å². The Kier molecular flexibility index (Phi) is 2.70. The van der Waals surface area contributed by atoms with Crippen LogP contribution >= 0.6 is 22.7 Å². The molecule has 3 aromatic rings. The normalized spacial score (nSPS) is 13.9. The largest absolute Gasteiger partial charge is 0.363 e. The van der Waals surface area contributed by atoms with E-state index in [4.69, 9.17) is 0 Å². The zero-order chi connectivity index (χ0) is 12.7. The molecule has 0 spiro atoms. The van der Waals surface area contributed by atoms with Crippen molar-refractivity contribution in [2.75, 3.05) is 5.32 Å². The van der Waals surface area contributed by atoms with E-state index < -0.39 is 0 Å². The Hall–Kier alpha value is -1.53. The van der Waals surface area contributed by atoms with Crippen molar-refractivity contribution in [2.24, 2.45) is 0 Å². The van der Waals surface area contributed by atoms with Gasteiger partial charge in [0.2, 0.25) is 0 Å². The summed E-state index contributed by atoms with van der Waals surface area (Å²) in [4.78, 5) is 15.7. The van der Waals surface area contributed by atoms with E-state index >= 15 is 0 Å². The minimum absolute atomic E-state index is 0.731. The summed E-state index contributed by atoms with van der Waals surface area (Å²) in [7, 11) is 0. The standard InChI is InChI=1S/C13H12N4S2/c1-2-8-9(3-1)19-13-11(8)12(16-7-17-13)15-6-10-14-4-5-18-10/h4-5,7H,1-3,6H2,(H,15,16,17). The maximum Gasteiger partial charge on any atom is 0.138 e. The first-order chi connectivity index (χ1) is 9.42. The molecule has 0 atom stereocenters. The molecule has 96 valence electrons. The fraction of sp³-hybridized carbons (Fsp3) is 0.308. The zero-order valence-electron chi connectivity index (χ0n) is 10.2. The lowest BCUT2D eigenvalue weighted by molar-refractivity contribution is 0.917. The van der Waals surface area contributed by atoms with Crippen LogP contribution in [0.5, 0.6) is 0 Å². The third-order valence-corrected chi connectivity index (χ3v) is 5.37. The van der Waals surface area contributed by atoms with Crippen molar-refractivity contribution in [3.63, 3.8) is 0 Å². The summed E-state index contributed by atoms with van der Waals surface area (Å²) >= 11 is 3.48. The van der Waals surface area contributed by atoms with E-state index in [1.54, 1.807) is 17.7 Å². The average Bonchev–Trinajstić information content (AvgIpc) is 3.12. The lowest BCUT2D eigenvalue weighted by Crippen LogP contribution is -2.02. The number of anilines is 1. The first-order valence-electron chi connectivity index (χ1n) is 6.29. The first kappa shape index (κ1) is 11.3. The molecule has 4 rings (SSSR count). The zero-order valence-corrected chi connectivity index (χ0v) is 11.9. The molecular weight excluding hydrogens is 276 g/mol. The molecule has 19 heavy (non-hydrogen) atoms. The van der Waals surface area contributed by atoms with Crippen LogP contribution in [0.2, 0.25) is 0 Å². The highest BCUT2D eigenvalue weighted by Gasteiger charge is 2.20. The van der Waals surface area contributed by atoms with Crippen LogP contribution < -0.4 is 5.32 Å². The molecule has 6 heteroatoms. The Bertz CT molecular complexity index is 718. The van der Waals surface area contributed by atoms with Crippen LogP contribution in [0.4, 0.5) is 5.82 Å². The summed E-state index contributed by atoms with van der Waals surface area (Å²) in [6.07, 6.45) is 7.10. The molecular formula is C13H12N4S2. The Morgan fingerprint density at radius 1 is 1.21 bits per heavy atom. The van der Waals surface area contributed by atoms with Gasteiger partial charge in [-0.3, -0.25) is 0 Å². The van der Waals surface area contributed by atoms with Crippen LogP contribution in [0.1, 0.15) is 21.9 Å². The van der Waals surface area contributed by atoms with Gasteiger partial charge in [-0.1, -0.05) is 0 Å². The van der Waals surface area contributed by atoms with Gasteiger partial charge in [0.1, 0.15) is 22.0 Å². The van der Waals surface area contributed by atoms with Crippen molar-refractivity contribution in [2.45, 2.75) is 25.8 Å². The molecule has 0 fully saturated rings. The lowest BCUT2D eigenvalue weighted by Gasteiger charge is -2.05. The average molecular weight is 288 g/mol. The van der Waals surface area contributed by atoms with Crippen molar-refractivity contribution in [3.05, 3.63) is 33.4 Å². The number of aromatic nitrogens is 3. The summed E-state index contributed by atoms with van der Waals surface area (Å²) in [5, 5.41) is 7.72. The maximum absolute atomic E-state index is 4.42. The SMILES string of the molecule is c1csc(CNc2ncnc3sc4c(c23)CCC4)n1. The summed E-state index contributed by atoms with van der Waals surface area (Å²) < 4.78 is 0. The second kappa shape index (κ2) is 4.54. The van der Waals surface area contributed by atoms with E-state index in [1.807, 2.05) is 22.9 Å². The number of fused-ring (bicyclic) bond motifs is 3. The first-order valence-corrected chi connectivity index (χ1v) is 7.99. The third kappa shape index (κ3) is 1.91. The molecule has 0 aromatic carbocycles. The van der Waals surface area contributed by atoms with Crippen LogP contribution in [0.3, 0.4) is 0 Å². The number of rotatable bonds is 3.